The van der Waals surface area contributed by atoms with Crippen LogP contribution in [0.2, 0.25) is 0 Å². The number of nitrogens with one attached hydrogen (secondary N) is 1. The molecule has 2 aliphatic rings. The lowest BCUT2D eigenvalue weighted by atomic mass is 9.83. The Labute approximate surface area is 160 Å². The van der Waals surface area contributed by atoms with Gasteiger partial charge >= 0.3 is 0 Å². The van der Waals surface area contributed by atoms with E-state index in [0.717, 1.165) is 12.8 Å². The van der Waals surface area contributed by atoms with Gasteiger partial charge in [-0.1, -0.05) is 0 Å². The lowest BCUT2D eigenvalue weighted by Crippen LogP contribution is -2.67. The summed E-state index contributed by atoms with van der Waals surface area (Å²) in [6.07, 6.45) is -0.883. The summed E-state index contributed by atoms with van der Waals surface area (Å²) in [6, 6.07) is -1.41. The number of rotatable bonds is 7. The fraction of sp³-hybridized carbons (Fsp3) is 0.941. The molecule has 10 nitrogen and oxygen atoms in total. The van der Waals surface area contributed by atoms with Crippen molar-refractivity contribution < 1.29 is 24.1 Å². The van der Waals surface area contributed by atoms with Crippen molar-refractivity contribution in [1.82, 2.24) is 10.2 Å². The predicted molar refractivity (Wildman–Crippen MR) is 99.7 cm³/mol. The second kappa shape index (κ2) is 10.1. The number of aliphatic hydroxyl groups excluding tert-OH is 1. The average Bonchev–Trinajstić information content (AvgIpc) is 2.65. The maximum atomic E-state index is 12.1. The van der Waals surface area contributed by atoms with Crippen LogP contribution in [0.15, 0.2) is 0 Å². The minimum atomic E-state index is -1.06. The van der Waals surface area contributed by atoms with Gasteiger partial charge in [0.25, 0.3) is 0 Å². The van der Waals surface area contributed by atoms with E-state index < -0.39 is 36.7 Å². The molecule has 8 unspecified atom stereocenters. The van der Waals surface area contributed by atoms with Crippen LogP contribution in [-0.4, -0.2) is 99.0 Å². The van der Waals surface area contributed by atoms with Crippen molar-refractivity contribution in [2.45, 2.75) is 68.1 Å². The van der Waals surface area contributed by atoms with Crippen LogP contribution in [0.5, 0.6) is 0 Å². The summed E-state index contributed by atoms with van der Waals surface area (Å²) >= 11 is 0. The van der Waals surface area contributed by atoms with Crippen molar-refractivity contribution in [2.24, 2.45) is 17.2 Å². The highest BCUT2D eigenvalue weighted by molar-refractivity contribution is 5.78. The summed E-state index contributed by atoms with van der Waals surface area (Å²) in [5.41, 5.74) is 17.9. The zero-order valence-corrected chi connectivity index (χ0v) is 16.4. The molecule has 1 heterocycles. The number of nitrogens with zero attached hydrogens (tertiary/aromatic N) is 1. The highest BCUT2D eigenvalue weighted by Crippen LogP contribution is 2.30. The number of likely N-dealkylation sites (N-methyl/N-ethyl adjacent to an activating group) is 2. The first-order valence-corrected chi connectivity index (χ1v) is 9.47. The van der Waals surface area contributed by atoms with E-state index in [4.69, 9.17) is 31.4 Å². The fourth-order valence-corrected chi connectivity index (χ4v) is 3.95. The Bertz CT molecular complexity index is 485. The smallest absolute Gasteiger partial charge is 0.236 e. The molecule has 0 radical (unpaired) electrons. The van der Waals surface area contributed by atoms with Gasteiger partial charge in [-0.15, -0.1) is 0 Å². The first-order chi connectivity index (χ1) is 12.8. The highest BCUT2D eigenvalue weighted by atomic mass is 16.7. The van der Waals surface area contributed by atoms with E-state index in [2.05, 4.69) is 5.32 Å². The van der Waals surface area contributed by atoms with Gasteiger partial charge in [-0.2, -0.15) is 0 Å². The molecule has 1 saturated carbocycles. The zero-order chi connectivity index (χ0) is 20.1. The second-order valence-electron chi connectivity index (χ2n) is 7.39. The lowest BCUT2D eigenvalue weighted by molar-refractivity contribution is -0.254. The van der Waals surface area contributed by atoms with Crippen molar-refractivity contribution in [3.63, 3.8) is 0 Å². The summed E-state index contributed by atoms with van der Waals surface area (Å²) in [5.74, 6) is -0.296. The molecule has 158 valence electrons. The number of methoxy groups -OCH3 is 1. The number of aliphatic hydroxyl groups is 1. The van der Waals surface area contributed by atoms with E-state index in [1.54, 1.807) is 7.05 Å². The van der Waals surface area contributed by atoms with E-state index in [-0.39, 0.29) is 24.6 Å². The van der Waals surface area contributed by atoms with Gasteiger partial charge in [0.2, 0.25) is 5.91 Å². The molecular formula is C17H35N5O5. The minimum absolute atomic E-state index is 0.0132. The molecule has 2 fully saturated rings. The standard InChI is InChI=1S/C17H35N5O5/c1-21-8-9-4-5-10(19)17(26-9)27-16-11(20)6-12(25-3)14(15(16)24)22(2)13(23)7-18/h9-12,14-17,21,24H,4-8,18-20H2,1-3H3. The Morgan fingerprint density at radius 3 is 2.63 bits per heavy atom. The Kier molecular flexibility index (Phi) is 8.38. The van der Waals surface area contributed by atoms with Crippen molar-refractivity contribution >= 4 is 5.91 Å². The molecule has 2 rings (SSSR count). The molecule has 0 aromatic carbocycles. The van der Waals surface area contributed by atoms with Gasteiger partial charge in [0.1, 0.15) is 12.2 Å². The minimum Gasteiger partial charge on any atom is -0.388 e. The normalized spacial score (nSPS) is 40.0. The van der Waals surface area contributed by atoms with Gasteiger partial charge in [0.05, 0.1) is 30.8 Å². The molecule has 1 aliphatic carbocycles. The van der Waals surface area contributed by atoms with Crippen molar-refractivity contribution in [3.8, 4) is 0 Å². The van der Waals surface area contributed by atoms with E-state index in [1.807, 2.05) is 7.05 Å². The fourth-order valence-electron chi connectivity index (χ4n) is 3.95. The average molecular weight is 389 g/mol. The highest BCUT2D eigenvalue weighted by Gasteiger charge is 2.48. The van der Waals surface area contributed by atoms with Crippen LogP contribution in [0.3, 0.4) is 0 Å². The van der Waals surface area contributed by atoms with E-state index in [9.17, 15) is 9.90 Å². The van der Waals surface area contributed by atoms with Crippen LogP contribution >= 0.6 is 0 Å². The lowest BCUT2D eigenvalue weighted by Gasteiger charge is -2.48. The molecule has 0 spiro atoms. The summed E-state index contributed by atoms with van der Waals surface area (Å²) in [6.45, 7) is 0.532. The number of ether oxygens (including phenoxy) is 3. The van der Waals surface area contributed by atoms with Crippen LogP contribution in [0.25, 0.3) is 0 Å². The molecule has 8 atom stereocenters. The second-order valence-corrected chi connectivity index (χ2v) is 7.39. The monoisotopic (exact) mass is 389 g/mol. The largest absolute Gasteiger partial charge is 0.388 e. The quantitative estimate of drug-likeness (QED) is 0.313. The summed E-state index contributed by atoms with van der Waals surface area (Å²) < 4.78 is 17.5. The van der Waals surface area contributed by atoms with Gasteiger partial charge in [0.15, 0.2) is 6.29 Å². The number of hydrogen-bond acceptors (Lipinski definition) is 9. The molecule has 1 saturated heterocycles. The first kappa shape index (κ1) is 22.4. The number of carbonyl (C=O) groups excluding carboxylic acids is 1. The Balaban J connectivity index is 2.13. The van der Waals surface area contributed by atoms with Crippen molar-refractivity contribution in [1.29, 1.82) is 0 Å². The summed E-state index contributed by atoms with van der Waals surface area (Å²) in [5, 5.41) is 14.1. The van der Waals surface area contributed by atoms with Crippen LogP contribution in [0.4, 0.5) is 0 Å². The Morgan fingerprint density at radius 1 is 1.33 bits per heavy atom. The maximum Gasteiger partial charge on any atom is 0.236 e. The number of nitrogens with two attached hydrogens (primary N) is 3. The molecule has 0 bridgehead atoms. The van der Waals surface area contributed by atoms with Gasteiger partial charge < -0.3 is 46.7 Å². The van der Waals surface area contributed by atoms with Gasteiger partial charge in [-0.05, 0) is 26.3 Å². The number of amides is 1. The topological polar surface area (TPSA) is 158 Å². The van der Waals surface area contributed by atoms with Gasteiger partial charge in [-0.25, -0.2) is 0 Å². The first-order valence-electron chi connectivity index (χ1n) is 9.47. The number of hydrogen-bond donors (Lipinski definition) is 5. The Morgan fingerprint density at radius 2 is 2.04 bits per heavy atom. The molecule has 0 aromatic heterocycles. The third-order valence-electron chi connectivity index (χ3n) is 5.53. The van der Waals surface area contributed by atoms with Gasteiger partial charge in [0, 0.05) is 26.7 Å². The maximum absolute atomic E-state index is 12.1. The van der Waals surface area contributed by atoms with Crippen molar-refractivity contribution in [2.75, 3.05) is 34.3 Å². The molecule has 1 amide bonds. The predicted octanol–water partition coefficient (Wildman–Crippen LogP) is -2.68. The van der Waals surface area contributed by atoms with E-state index >= 15 is 0 Å². The van der Waals surface area contributed by atoms with E-state index in [1.165, 1.54) is 12.0 Å². The molecule has 10 heteroatoms. The zero-order valence-electron chi connectivity index (χ0n) is 16.4. The SMILES string of the molecule is CNCC1CCC(N)C(OC2C(N)CC(OC)C(N(C)C(=O)CN)C2O)O1. The van der Waals surface area contributed by atoms with Gasteiger partial charge in [-0.3, -0.25) is 4.79 Å². The Hall–Kier alpha value is -0.850. The summed E-state index contributed by atoms with van der Waals surface area (Å²) in [4.78, 5) is 13.5. The van der Waals surface area contributed by atoms with Crippen LogP contribution in [-0.2, 0) is 19.0 Å². The molecule has 0 aromatic rings. The van der Waals surface area contributed by atoms with Crippen LogP contribution in [0.1, 0.15) is 19.3 Å². The third kappa shape index (κ3) is 5.15. The molecule has 1 aliphatic heterocycles. The third-order valence-corrected chi connectivity index (χ3v) is 5.53. The molecule has 27 heavy (non-hydrogen) atoms. The van der Waals surface area contributed by atoms with Crippen LogP contribution in [0, 0.1) is 0 Å². The molecular weight excluding hydrogens is 354 g/mol. The van der Waals surface area contributed by atoms with Crippen LogP contribution < -0.4 is 22.5 Å². The van der Waals surface area contributed by atoms with E-state index in [0.29, 0.717) is 13.0 Å². The number of carbonyl (C=O) groups is 1. The van der Waals surface area contributed by atoms with Crippen molar-refractivity contribution in [3.05, 3.63) is 0 Å². The summed E-state index contributed by atoms with van der Waals surface area (Å²) in [7, 11) is 4.98. The molecule has 8 N–H and O–H groups in total.